The van der Waals surface area contributed by atoms with Crippen molar-refractivity contribution in [3.63, 3.8) is 0 Å². The number of rotatable bonds is 8. The van der Waals surface area contributed by atoms with Gasteiger partial charge < -0.3 is 13.7 Å². The third kappa shape index (κ3) is 7.68. The molecule has 91 heavy (non-hydrogen) atoms. The van der Waals surface area contributed by atoms with E-state index in [1.807, 2.05) is 0 Å². The Morgan fingerprint density at radius 2 is 0.824 bits per heavy atom. The minimum Gasteiger partial charge on any atom is -0.455 e. The summed E-state index contributed by atoms with van der Waals surface area (Å²) >= 11 is 0. The zero-order valence-corrected chi connectivity index (χ0v) is 51.5. The average Bonchev–Trinajstić information content (AvgIpc) is 1.58. The van der Waals surface area contributed by atoms with Gasteiger partial charge in [-0.1, -0.05) is 277 Å². The predicted octanol–water partition coefficient (Wildman–Crippen LogP) is 24.7. The van der Waals surface area contributed by atoms with Crippen LogP contribution in [0.15, 0.2) is 294 Å². The smallest absolute Gasteiger partial charge is 0.144 e. The molecule has 0 bridgehead atoms. The summed E-state index contributed by atoms with van der Waals surface area (Å²) in [4.78, 5) is 2.59. The van der Waals surface area contributed by atoms with Gasteiger partial charge in [-0.15, -0.1) is 0 Å². The number of hydrogen-bond acceptors (Lipinski definition) is 3. The van der Waals surface area contributed by atoms with Crippen molar-refractivity contribution >= 4 is 82.5 Å². The highest BCUT2D eigenvalue weighted by molar-refractivity contribution is 6.39. The van der Waals surface area contributed by atoms with Crippen LogP contribution in [0.25, 0.3) is 132 Å². The summed E-state index contributed by atoms with van der Waals surface area (Å²) in [5, 5.41) is 8.68. The highest BCUT2D eigenvalue weighted by Gasteiger charge is 2.52. The van der Waals surface area contributed by atoms with E-state index in [0.29, 0.717) is 0 Å². The SMILES string of the molecule is CC(C)c1cccc2c1oc1c(-c3ccccc3)cc3c(N(c4ccccc4)c4ccc5c(c4)C4(c6ccccc6-c6ccccc64)c4ccccc4-5)c(-c4ccccc4)c4cc(C(C)(C)C)c5c6cccc(-c7cccc(-c8ccccc8)c7)c6oc5c4c3c12. The summed E-state index contributed by atoms with van der Waals surface area (Å²) in [5.41, 5.74) is 27.2. The molecule has 0 aliphatic heterocycles. The molecule has 432 valence electrons. The number of benzene rings is 14. The van der Waals surface area contributed by atoms with E-state index in [1.165, 1.54) is 61.2 Å². The topological polar surface area (TPSA) is 29.5 Å². The summed E-state index contributed by atoms with van der Waals surface area (Å²) in [5.74, 6) is 0.199. The number of fused-ring (bicyclic) bond motifs is 21. The predicted molar refractivity (Wildman–Crippen MR) is 382 cm³/mol. The fourth-order valence-electron chi connectivity index (χ4n) is 16.1. The van der Waals surface area contributed by atoms with Gasteiger partial charge in [0.1, 0.15) is 22.3 Å². The maximum Gasteiger partial charge on any atom is 0.144 e. The van der Waals surface area contributed by atoms with Crippen LogP contribution in [0.1, 0.15) is 73.9 Å². The highest BCUT2D eigenvalue weighted by Crippen LogP contribution is 2.64. The fraction of sp³-hybridized carbons (Fsp3) is 0.0909. The van der Waals surface area contributed by atoms with E-state index in [-0.39, 0.29) is 11.3 Å². The van der Waals surface area contributed by atoms with E-state index in [2.05, 4.69) is 325 Å². The molecule has 0 amide bonds. The van der Waals surface area contributed by atoms with Crippen LogP contribution in [0, 0.1) is 0 Å². The normalized spacial score (nSPS) is 13.1. The molecule has 0 N–H and O–H groups in total. The molecule has 0 radical (unpaired) electrons. The van der Waals surface area contributed by atoms with Crippen molar-refractivity contribution < 1.29 is 8.83 Å². The maximum atomic E-state index is 7.96. The number of para-hydroxylation sites is 3. The Labute approximate surface area is 529 Å². The summed E-state index contributed by atoms with van der Waals surface area (Å²) in [6, 6.07) is 106. The average molecular weight is 1170 g/mol. The summed E-state index contributed by atoms with van der Waals surface area (Å²) in [6.07, 6.45) is 0. The Kier molecular flexibility index (Phi) is 11.7. The Hall–Kier alpha value is -11.0. The monoisotopic (exact) mass is 1170 g/mol. The van der Waals surface area contributed by atoms with E-state index >= 15 is 0 Å². The van der Waals surface area contributed by atoms with Crippen LogP contribution >= 0.6 is 0 Å². The van der Waals surface area contributed by atoms with Gasteiger partial charge in [-0.25, -0.2) is 0 Å². The number of nitrogens with zero attached hydrogens (tertiary/aromatic N) is 1. The summed E-state index contributed by atoms with van der Waals surface area (Å²) in [6.45, 7) is 11.6. The number of anilines is 3. The fourth-order valence-corrected chi connectivity index (χ4v) is 16.1. The first-order valence-electron chi connectivity index (χ1n) is 32.0. The van der Waals surface area contributed by atoms with Crippen LogP contribution < -0.4 is 4.90 Å². The molecule has 2 aromatic heterocycles. The molecule has 2 aliphatic rings. The molecule has 3 nitrogen and oxygen atoms in total. The Morgan fingerprint density at radius 3 is 1.46 bits per heavy atom. The van der Waals surface area contributed by atoms with Crippen molar-refractivity contribution in [1.82, 2.24) is 0 Å². The minimum atomic E-state index is -0.572. The third-order valence-electron chi connectivity index (χ3n) is 19.9. The van der Waals surface area contributed by atoms with Crippen molar-refractivity contribution in [1.29, 1.82) is 0 Å². The van der Waals surface area contributed by atoms with Crippen molar-refractivity contribution in [2.75, 3.05) is 4.90 Å². The lowest BCUT2D eigenvalue weighted by Gasteiger charge is -2.34. The first-order chi connectivity index (χ1) is 44.6. The van der Waals surface area contributed by atoms with Gasteiger partial charge >= 0.3 is 0 Å². The second kappa shape index (κ2) is 20.0. The molecule has 18 rings (SSSR count). The van der Waals surface area contributed by atoms with E-state index < -0.39 is 5.41 Å². The van der Waals surface area contributed by atoms with Gasteiger partial charge in [0.2, 0.25) is 0 Å². The van der Waals surface area contributed by atoms with Gasteiger partial charge in [0.25, 0.3) is 0 Å². The third-order valence-corrected chi connectivity index (χ3v) is 19.9. The molecule has 0 fully saturated rings. The molecular formula is C88H63NO2. The van der Waals surface area contributed by atoms with E-state index in [4.69, 9.17) is 8.83 Å². The second-order valence-corrected chi connectivity index (χ2v) is 26.3. The molecule has 16 aromatic rings. The highest BCUT2D eigenvalue weighted by atomic mass is 16.3. The number of furan rings is 2. The lowest BCUT2D eigenvalue weighted by Crippen LogP contribution is -2.26. The van der Waals surface area contributed by atoms with E-state index in [1.54, 1.807) is 0 Å². The first-order valence-corrected chi connectivity index (χ1v) is 32.0. The molecule has 0 unspecified atom stereocenters. The molecule has 14 aromatic carbocycles. The molecule has 1 spiro atoms. The lowest BCUT2D eigenvalue weighted by molar-refractivity contribution is 0.595. The van der Waals surface area contributed by atoms with Gasteiger partial charge in [-0.2, -0.15) is 0 Å². The zero-order chi connectivity index (χ0) is 60.9. The van der Waals surface area contributed by atoms with Crippen LogP contribution in [0.2, 0.25) is 0 Å². The van der Waals surface area contributed by atoms with Crippen LogP contribution in [0.4, 0.5) is 17.1 Å². The molecule has 3 heteroatoms. The van der Waals surface area contributed by atoms with Crippen LogP contribution in [-0.4, -0.2) is 0 Å². The van der Waals surface area contributed by atoms with Crippen LogP contribution in [-0.2, 0) is 10.8 Å². The van der Waals surface area contributed by atoms with Gasteiger partial charge in [0.05, 0.1) is 11.1 Å². The second-order valence-electron chi connectivity index (χ2n) is 26.3. The van der Waals surface area contributed by atoms with Crippen molar-refractivity contribution in [2.45, 2.75) is 51.4 Å². The maximum absolute atomic E-state index is 7.96. The Bertz CT molecular complexity index is 5580. The Balaban J connectivity index is 1.06. The van der Waals surface area contributed by atoms with Crippen molar-refractivity contribution in [2.24, 2.45) is 0 Å². The summed E-state index contributed by atoms with van der Waals surface area (Å²) in [7, 11) is 0. The van der Waals surface area contributed by atoms with Crippen molar-refractivity contribution in [3.05, 3.63) is 318 Å². The first kappa shape index (κ1) is 53.1. The minimum absolute atomic E-state index is 0.199. The molecule has 0 saturated carbocycles. The molecule has 2 aliphatic carbocycles. The standard InChI is InChI=1S/C88H63NO2/c1-53(2)61-40-25-43-68-80-79-71(51-69(85(80)90-83(61)68)55-29-12-7-13-30-55)82(89(59-35-16-9-17-36-59)60-47-48-66-65-39-20-23-46-74(65)88(75(66)50-60)72-44-21-18-37-63(72)64-38-19-22-45-73(64)88)77(56-31-14-8-15-32-56)70-52-76(87(3,4)5)78-67-42-26-41-62(84(67)91-86(78)81(70)79)58-34-24-33-57(49-58)54-27-10-6-11-28-54/h6-53H,1-5H3. The molecule has 0 atom stereocenters. The van der Waals surface area contributed by atoms with Gasteiger partial charge in [0, 0.05) is 65.8 Å². The van der Waals surface area contributed by atoms with Gasteiger partial charge in [-0.3, -0.25) is 0 Å². The zero-order valence-electron chi connectivity index (χ0n) is 51.5. The van der Waals surface area contributed by atoms with Gasteiger partial charge in [0.15, 0.2) is 0 Å². The largest absolute Gasteiger partial charge is 0.455 e. The van der Waals surface area contributed by atoms with E-state index in [9.17, 15) is 0 Å². The number of hydrogen-bond donors (Lipinski definition) is 0. The molecule has 0 saturated heterocycles. The van der Waals surface area contributed by atoms with E-state index in [0.717, 1.165) is 121 Å². The summed E-state index contributed by atoms with van der Waals surface area (Å²) < 4.78 is 15.6. The van der Waals surface area contributed by atoms with Crippen molar-refractivity contribution in [3.8, 4) is 66.8 Å². The van der Waals surface area contributed by atoms with Gasteiger partial charge in [-0.05, 0) is 143 Å². The van der Waals surface area contributed by atoms with Crippen LogP contribution in [0.3, 0.4) is 0 Å². The quantitative estimate of drug-likeness (QED) is 0.142. The van der Waals surface area contributed by atoms with Crippen LogP contribution in [0.5, 0.6) is 0 Å². The molecular weight excluding hydrogens is 1100 g/mol. The Morgan fingerprint density at radius 1 is 0.319 bits per heavy atom. The molecule has 2 heterocycles. The lowest BCUT2D eigenvalue weighted by atomic mass is 9.70.